The van der Waals surface area contributed by atoms with Crippen LogP contribution in [-0.4, -0.2) is 46.8 Å². The van der Waals surface area contributed by atoms with Crippen LogP contribution in [0.1, 0.15) is 46.8 Å². The van der Waals surface area contributed by atoms with Gasteiger partial charge in [-0.2, -0.15) is 18.3 Å². The number of nitrogens with zero attached hydrogens (tertiary/aromatic N) is 3. The first-order valence-electron chi connectivity index (χ1n) is 9.09. The van der Waals surface area contributed by atoms with Crippen molar-refractivity contribution < 1.29 is 18.0 Å². The molecule has 1 saturated carbocycles. The largest absolute Gasteiger partial charge is 0.416 e. The molecule has 0 radical (unpaired) electrons. The molecule has 5 nitrogen and oxygen atoms in total. The van der Waals surface area contributed by atoms with E-state index in [0.29, 0.717) is 11.3 Å². The summed E-state index contributed by atoms with van der Waals surface area (Å²) < 4.78 is 40.7. The van der Waals surface area contributed by atoms with Crippen LogP contribution < -0.4 is 5.32 Å². The van der Waals surface area contributed by atoms with E-state index in [1.165, 1.54) is 16.9 Å². The number of carbonyl (C=O) groups excluding carboxylic acids is 1. The summed E-state index contributed by atoms with van der Waals surface area (Å²) in [5.41, 5.74) is 0.816. The lowest BCUT2D eigenvalue weighted by molar-refractivity contribution is -0.137. The molecule has 28 heavy (non-hydrogen) atoms. The van der Waals surface area contributed by atoms with E-state index in [0.717, 1.165) is 50.2 Å². The fourth-order valence-electron chi connectivity index (χ4n) is 3.62. The molecule has 1 saturated heterocycles. The molecule has 2 aliphatic rings. The Bertz CT molecular complexity index is 857. The second-order valence-corrected chi connectivity index (χ2v) is 7.24. The van der Waals surface area contributed by atoms with Crippen molar-refractivity contribution in [1.82, 2.24) is 20.0 Å². The maximum atomic E-state index is 13.1. The van der Waals surface area contributed by atoms with Gasteiger partial charge in [0.15, 0.2) is 0 Å². The van der Waals surface area contributed by atoms with E-state index in [9.17, 15) is 18.0 Å². The molecule has 1 aromatic carbocycles. The van der Waals surface area contributed by atoms with Gasteiger partial charge in [0.1, 0.15) is 0 Å². The molecule has 1 aromatic heterocycles. The lowest BCUT2D eigenvalue weighted by Gasteiger charge is -2.24. The van der Waals surface area contributed by atoms with Crippen LogP contribution in [0.2, 0.25) is 0 Å². The third-order valence-electron chi connectivity index (χ3n) is 5.32. The second kappa shape index (κ2) is 7.75. The minimum Gasteiger partial charge on any atom is -0.337 e. The first-order chi connectivity index (χ1) is 12.9. The maximum Gasteiger partial charge on any atom is 0.416 e. The van der Waals surface area contributed by atoms with Crippen LogP contribution in [0.3, 0.4) is 0 Å². The number of likely N-dealkylation sites (N-methyl/N-ethyl adjacent to an activating group) is 1. The van der Waals surface area contributed by atoms with Crippen LogP contribution in [-0.2, 0) is 6.18 Å². The van der Waals surface area contributed by atoms with Crippen molar-refractivity contribution in [3.8, 4) is 5.69 Å². The van der Waals surface area contributed by atoms with E-state index in [1.54, 1.807) is 18.0 Å². The summed E-state index contributed by atoms with van der Waals surface area (Å²) in [6, 6.07) is 5.21. The van der Waals surface area contributed by atoms with E-state index in [1.807, 2.05) is 0 Å². The minimum atomic E-state index is -4.42. The quantitative estimate of drug-likeness (QED) is 0.831. The Balaban J connectivity index is 0.00000225. The van der Waals surface area contributed by atoms with Gasteiger partial charge in [-0.3, -0.25) is 4.79 Å². The Labute approximate surface area is 167 Å². The highest BCUT2D eigenvalue weighted by molar-refractivity contribution is 5.95. The third kappa shape index (κ3) is 3.89. The number of amides is 1. The highest BCUT2D eigenvalue weighted by Gasteiger charge is 2.36. The zero-order chi connectivity index (χ0) is 19.2. The number of rotatable bonds is 4. The molecule has 1 amide bonds. The van der Waals surface area contributed by atoms with Gasteiger partial charge in [-0.15, -0.1) is 12.4 Å². The van der Waals surface area contributed by atoms with E-state index in [2.05, 4.69) is 10.4 Å². The summed E-state index contributed by atoms with van der Waals surface area (Å²) >= 11 is 0. The van der Waals surface area contributed by atoms with Crippen LogP contribution in [0.5, 0.6) is 0 Å². The summed E-state index contributed by atoms with van der Waals surface area (Å²) in [5.74, 6) is 0.0416. The molecule has 1 aliphatic heterocycles. The van der Waals surface area contributed by atoms with Gasteiger partial charge < -0.3 is 10.2 Å². The molecule has 0 spiro atoms. The zero-order valence-electron chi connectivity index (χ0n) is 15.4. The molecule has 9 heteroatoms. The predicted molar refractivity (Wildman–Crippen MR) is 101 cm³/mol. The van der Waals surface area contributed by atoms with Gasteiger partial charge in [0.25, 0.3) is 5.91 Å². The first kappa shape index (κ1) is 20.7. The number of halogens is 4. The van der Waals surface area contributed by atoms with Crippen molar-refractivity contribution in [3.05, 3.63) is 47.3 Å². The van der Waals surface area contributed by atoms with Crippen LogP contribution in [0.15, 0.2) is 30.5 Å². The molecular formula is C19H22ClF3N4O. The predicted octanol–water partition coefficient (Wildman–Crippen LogP) is 3.62. The van der Waals surface area contributed by atoms with Gasteiger partial charge >= 0.3 is 6.18 Å². The van der Waals surface area contributed by atoms with Gasteiger partial charge in [-0.25, -0.2) is 4.68 Å². The highest BCUT2D eigenvalue weighted by atomic mass is 35.5. The summed E-state index contributed by atoms with van der Waals surface area (Å²) in [4.78, 5) is 14.7. The highest BCUT2D eigenvalue weighted by Crippen LogP contribution is 2.43. The molecule has 4 rings (SSSR count). The lowest BCUT2D eigenvalue weighted by Crippen LogP contribution is -2.38. The normalized spacial score (nSPS) is 19.4. The summed E-state index contributed by atoms with van der Waals surface area (Å²) in [6.07, 6.45) is -0.200. The summed E-state index contributed by atoms with van der Waals surface area (Å²) in [6.45, 7) is 1.63. The lowest BCUT2D eigenvalue weighted by atomic mass is 10.1. The van der Waals surface area contributed by atoms with Gasteiger partial charge in [0.05, 0.1) is 28.7 Å². The van der Waals surface area contributed by atoms with Crippen molar-refractivity contribution in [1.29, 1.82) is 0 Å². The van der Waals surface area contributed by atoms with Crippen molar-refractivity contribution in [2.75, 3.05) is 20.1 Å². The summed E-state index contributed by atoms with van der Waals surface area (Å²) in [5, 5.41) is 7.53. The van der Waals surface area contributed by atoms with E-state index in [-0.39, 0.29) is 30.3 Å². The Kier molecular flexibility index (Phi) is 5.72. The fourth-order valence-corrected chi connectivity index (χ4v) is 3.62. The van der Waals surface area contributed by atoms with E-state index in [4.69, 9.17) is 0 Å². The van der Waals surface area contributed by atoms with Crippen molar-refractivity contribution in [2.24, 2.45) is 0 Å². The monoisotopic (exact) mass is 414 g/mol. The Morgan fingerprint density at radius 2 is 2.04 bits per heavy atom. The van der Waals surface area contributed by atoms with Gasteiger partial charge in [0.2, 0.25) is 0 Å². The van der Waals surface area contributed by atoms with E-state index >= 15 is 0 Å². The third-order valence-corrected chi connectivity index (χ3v) is 5.32. The average Bonchev–Trinajstić information content (AvgIpc) is 3.17. The molecule has 1 aliphatic carbocycles. The topological polar surface area (TPSA) is 50.2 Å². The standard InChI is InChI=1S/C19H21F3N4O.ClH/c1-25(15-7-8-23-10-15)18(27)16-11-24-26(17(16)12-5-6-12)14-4-2-3-13(9-14)19(20,21)22;/h2-4,9,11-12,15,23H,5-8,10H2,1H3;1H. The molecule has 2 heterocycles. The number of hydrogen-bond donors (Lipinski definition) is 1. The van der Waals surface area contributed by atoms with Crippen LogP contribution in [0.4, 0.5) is 13.2 Å². The van der Waals surface area contributed by atoms with Crippen LogP contribution in [0, 0.1) is 0 Å². The Morgan fingerprint density at radius 3 is 2.64 bits per heavy atom. The van der Waals surface area contributed by atoms with Gasteiger partial charge in [0, 0.05) is 25.6 Å². The maximum absolute atomic E-state index is 13.1. The number of nitrogens with one attached hydrogen (secondary N) is 1. The number of benzene rings is 1. The van der Waals surface area contributed by atoms with Crippen molar-refractivity contribution >= 4 is 18.3 Å². The SMILES string of the molecule is CN(C(=O)c1cnn(-c2cccc(C(F)(F)F)c2)c1C1CC1)C1CCNC1.Cl. The first-order valence-corrected chi connectivity index (χ1v) is 9.09. The van der Waals surface area contributed by atoms with Crippen molar-refractivity contribution in [3.63, 3.8) is 0 Å². The average molecular weight is 415 g/mol. The van der Waals surface area contributed by atoms with Crippen LogP contribution in [0.25, 0.3) is 5.69 Å². The number of hydrogen-bond acceptors (Lipinski definition) is 3. The Hall–Kier alpha value is -2.06. The number of aromatic nitrogens is 2. The second-order valence-electron chi connectivity index (χ2n) is 7.24. The van der Waals surface area contributed by atoms with Gasteiger partial charge in [-0.05, 0) is 44.0 Å². The smallest absolute Gasteiger partial charge is 0.337 e. The fraction of sp³-hybridized carbons (Fsp3) is 0.474. The number of carbonyl (C=O) groups is 1. The molecule has 1 atom stereocenters. The van der Waals surface area contributed by atoms with Crippen molar-refractivity contribution in [2.45, 2.75) is 37.4 Å². The minimum absolute atomic E-state index is 0. The zero-order valence-corrected chi connectivity index (χ0v) is 16.2. The molecular weight excluding hydrogens is 393 g/mol. The molecule has 1 N–H and O–H groups in total. The molecule has 2 aromatic rings. The number of alkyl halides is 3. The molecule has 0 bridgehead atoms. The summed E-state index contributed by atoms with van der Waals surface area (Å²) in [7, 11) is 1.78. The molecule has 152 valence electrons. The van der Waals surface area contributed by atoms with Crippen LogP contribution >= 0.6 is 12.4 Å². The molecule has 1 unspecified atom stereocenters. The van der Waals surface area contributed by atoms with Gasteiger partial charge in [-0.1, -0.05) is 6.07 Å². The van der Waals surface area contributed by atoms with E-state index < -0.39 is 11.7 Å². The Morgan fingerprint density at radius 1 is 1.29 bits per heavy atom. The molecule has 2 fully saturated rings.